The zero-order valence-corrected chi connectivity index (χ0v) is 14.2. The Morgan fingerprint density at radius 2 is 1.76 bits per heavy atom. The number of benzene rings is 1. The average molecular weight is 310 g/mol. The van der Waals surface area contributed by atoms with Crippen LogP contribution in [0.3, 0.4) is 0 Å². The maximum atomic E-state index is 12.8. The van der Waals surface area contributed by atoms with Crippen LogP contribution < -0.4 is 5.73 Å². The van der Waals surface area contributed by atoms with Crippen LogP contribution in [-0.4, -0.2) is 25.8 Å². The van der Waals surface area contributed by atoms with Gasteiger partial charge in [0.2, 0.25) is 10.0 Å². The Labute approximate surface area is 128 Å². The van der Waals surface area contributed by atoms with Crippen molar-refractivity contribution in [2.75, 3.05) is 18.8 Å². The van der Waals surface area contributed by atoms with Gasteiger partial charge in [-0.25, -0.2) is 8.42 Å². The minimum Gasteiger partial charge on any atom is -0.398 e. The molecule has 0 aliphatic carbocycles. The van der Waals surface area contributed by atoms with Crippen LogP contribution in [0.1, 0.15) is 39.2 Å². The normalized spacial score (nSPS) is 18.9. The van der Waals surface area contributed by atoms with Crippen molar-refractivity contribution >= 4 is 15.7 Å². The molecule has 0 spiro atoms. The van der Waals surface area contributed by atoms with E-state index in [2.05, 4.69) is 20.8 Å². The zero-order chi connectivity index (χ0) is 15.8. The largest absolute Gasteiger partial charge is 0.398 e. The highest BCUT2D eigenvalue weighted by atomic mass is 32.2. The van der Waals surface area contributed by atoms with Crippen molar-refractivity contribution in [3.63, 3.8) is 0 Å². The molecule has 2 N–H and O–H groups in total. The first kappa shape index (κ1) is 16.3. The fraction of sp³-hybridized carbons (Fsp3) is 0.625. The molecule has 1 aromatic rings. The van der Waals surface area contributed by atoms with E-state index in [4.69, 9.17) is 5.73 Å². The first-order valence-corrected chi connectivity index (χ1v) is 8.93. The summed E-state index contributed by atoms with van der Waals surface area (Å²) < 4.78 is 27.2. The third-order valence-electron chi connectivity index (χ3n) is 4.62. The van der Waals surface area contributed by atoms with E-state index < -0.39 is 10.0 Å². The molecule has 118 valence electrons. The highest BCUT2D eigenvalue weighted by Gasteiger charge is 2.34. The molecular formula is C16H26N2O2S. The summed E-state index contributed by atoms with van der Waals surface area (Å²) >= 11 is 0. The molecule has 1 saturated heterocycles. The van der Waals surface area contributed by atoms with Gasteiger partial charge in [-0.15, -0.1) is 0 Å². The Bertz CT molecular complexity index is 610. The summed E-state index contributed by atoms with van der Waals surface area (Å²) in [6.45, 7) is 9.64. The molecule has 0 amide bonds. The summed E-state index contributed by atoms with van der Waals surface area (Å²) in [4.78, 5) is 0.344. The molecule has 1 heterocycles. The quantitative estimate of drug-likeness (QED) is 0.854. The topological polar surface area (TPSA) is 63.4 Å². The smallest absolute Gasteiger partial charge is 0.243 e. The van der Waals surface area contributed by atoms with Gasteiger partial charge in [0.1, 0.15) is 0 Å². The summed E-state index contributed by atoms with van der Waals surface area (Å²) in [6, 6.07) is 5.09. The number of hydrogen-bond donors (Lipinski definition) is 1. The molecular weight excluding hydrogens is 284 g/mol. The van der Waals surface area contributed by atoms with Gasteiger partial charge in [0.05, 0.1) is 4.90 Å². The molecule has 0 aromatic heterocycles. The molecule has 1 fully saturated rings. The summed E-state index contributed by atoms with van der Waals surface area (Å²) in [5, 5.41) is 0. The Morgan fingerprint density at radius 3 is 2.29 bits per heavy atom. The Balaban J connectivity index is 2.21. The summed E-state index contributed by atoms with van der Waals surface area (Å²) in [6.07, 6.45) is 1.84. The van der Waals surface area contributed by atoms with E-state index in [-0.39, 0.29) is 5.41 Å². The number of piperidine rings is 1. The Kier molecular flexibility index (Phi) is 4.36. The van der Waals surface area contributed by atoms with E-state index in [9.17, 15) is 8.42 Å². The second kappa shape index (κ2) is 5.61. The molecule has 0 atom stereocenters. The first-order chi connectivity index (χ1) is 9.64. The van der Waals surface area contributed by atoms with Crippen LogP contribution in [-0.2, 0) is 10.0 Å². The summed E-state index contributed by atoms with van der Waals surface area (Å²) in [5.74, 6) is 0.575. The van der Waals surface area contributed by atoms with E-state index in [1.54, 1.807) is 29.4 Å². The highest BCUT2D eigenvalue weighted by Crippen LogP contribution is 2.36. The standard InChI is InChI=1S/C16H26N2O2S/c1-12-14(17)6-5-7-15(12)21(19,20)18-10-8-13(9-11-18)16(2,3)4/h5-7,13H,8-11,17H2,1-4H3. The lowest BCUT2D eigenvalue weighted by Gasteiger charge is -2.38. The fourth-order valence-electron chi connectivity index (χ4n) is 3.01. The van der Waals surface area contributed by atoms with Crippen LogP contribution in [0.4, 0.5) is 5.69 Å². The highest BCUT2D eigenvalue weighted by molar-refractivity contribution is 7.89. The number of hydrogen-bond acceptors (Lipinski definition) is 3. The van der Waals surface area contributed by atoms with Crippen molar-refractivity contribution in [2.24, 2.45) is 11.3 Å². The average Bonchev–Trinajstić information content (AvgIpc) is 2.41. The van der Waals surface area contributed by atoms with Gasteiger partial charge < -0.3 is 5.73 Å². The Morgan fingerprint density at radius 1 is 1.19 bits per heavy atom. The lowest BCUT2D eigenvalue weighted by atomic mass is 9.76. The second-order valence-electron chi connectivity index (χ2n) is 7.01. The molecule has 2 rings (SSSR count). The van der Waals surface area contributed by atoms with Crippen molar-refractivity contribution in [2.45, 2.75) is 45.4 Å². The van der Waals surface area contributed by atoms with Crippen molar-refractivity contribution in [1.82, 2.24) is 4.31 Å². The predicted octanol–water partition coefficient (Wildman–Crippen LogP) is 3.02. The van der Waals surface area contributed by atoms with Gasteiger partial charge in [-0.2, -0.15) is 4.31 Å². The van der Waals surface area contributed by atoms with Crippen molar-refractivity contribution in [1.29, 1.82) is 0 Å². The van der Waals surface area contributed by atoms with E-state index in [1.807, 2.05) is 0 Å². The number of nitrogens with two attached hydrogens (primary N) is 1. The fourth-order valence-corrected chi connectivity index (χ4v) is 4.74. The molecule has 4 nitrogen and oxygen atoms in total. The van der Waals surface area contributed by atoms with Crippen molar-refractivity contribution < 1.29 is 8.42 Å². The first-order valence-electron chi connectivity index (χ1n) is 7.49. The number of rotatable bonds is 2. The van der Waals surface area contributed by atoms with Crippen LogP contribution in [0.2, 0.25) is 0 Å². The molecule has 21 heavy (non-hydrogen) atoms. The number of nitrogens with zero attached hydrogens (tertiary/aromatic N) is 1. The van der Waals surface area contributed by atoms with Gasteiger partial charge in [0, 0.05) is 18.8 Å². The van der Waals surface area contributed by atoms with Crippen LogP contribution >= 0.6 is 0 Å². The second-order valence-corrected chi connectivity index (χ2v) is 8.92. The maximum absolute atomic E-state index is 12.8. The van der Waals surface area contributed by atoms with Crippen molar-refractivity contribution in [3.05, 3.63) is 23.8 Å². The molecule has 1 aliphatic rings. The molecule has 0 bridgehead atoms. The SMILES string of the molecule is Cc1c(N)cccc1S(=O)(=O)N1CCC(C(C)(C)C)CC1. The van der Waals surface area contributed by atoms with E-state index in [0.717, 1.165) is 12.8 Å². The lowest BCUT2D eigenvalue weighted by molar-refractivity contribution is 0.154. The van der Waals surface area contributed by atoms with Gasteiger partial charge >= 0.3 is 0 Å². The van der Waals surface area contributed by atoms with Crippen LogP contribution in [0.5, 0.6) is 0 Å². The third kappa shape index (κ3) is 3.24. The maximum Gasteiger partial charge on any atom is 0.243 e. The lowest BCUT2D eigenvalue weighted by Crippen LogP contribution is -2.41. The van der Waals surface area contributed by atoms with Crippen molar-refractivity contribution in [3.8, 4) is 0 Å². The monoisotopic (exact) mass is 310 g/mol. The molecule has 0 saturated carbocycles. The van der Waals surface area contributed by atoms with E-state index in [1.165, 1.54) is 0 Å². The van der Waals surface area contributed by atoms with E-state index in [0.29, 0.717) is 35.2 Å². The number of anilines is 1. The Hall–Kier alpha value is -1.07. The van der Waals surface area contributed by atoms with Crippen LogP contribution in [0.15, 0.2) is 23.1 Å². The molecule has 0 unspecified atom stereocenters. The minimum absolute atomic E-state index is 0.239. The third-order valence-corrected chi connectivity index (χ3v) is 6.67. The van der Waals surface area contributed by atoms with Crippen LogP contribution in [0, 0.1) is 18.3 Å². The van der Waals surface area contributed by atoms with Gasteiger partial charge in [0.25, 0.3) is 0 Å². The molecule has 1 aromatic carbocycles. The predicted molar refractivity (Wildman–Crippen MR) is 86.5 cm³/mol. The van der Waals surface area contributed by atoms with E-state index >= 15 is 0 Å². The van der Waals surface area contributed by atoms with Gasteiger partial charge in [-0.3, -0.25) is 0 Å². The zero-order valence-electron chi connectivity index (χ0n) is 13.4. The number of sulfonamides is 1. The molecule has 5 heteroatoms. The summed E-state index contributed by atoms with van der Waals surface area (Å²) in [7, 11) is -3.43. The van der Waals surface area contributed by atoms with Crippen LogP contribution in [0.25, 0.3) is 0 Å². The molecule has 0 radical (unpaired) electrons. The van der Waals surface area contributed by atoms with Gasteiger partial charge in [0.15, 0.2) is 0 Å². The molecule has 1 aliphatic heterocycles. The van der Waals surface area contributed by atoms with Gasteiger partial charge in [-0.05, 0) is 48.8 Å². The minimum atomic E-state index is -3.43. The van der Waals surface area contributed by atoms with Gasteiger partial charge in [-0.1, -0.05) is 26.8 Å². The summed E-state index contributed by atoms with van der Waals surface area (Å²) in [5.41, 5.74) is 7.26. The number of nitrogen functional groups attached to an aromatic ring is 1.